The number of piperidine rings is 1. The quantitative estimate of drug-likeness (QED) is 0.742. The molecule has 1 aliphatic rings. The Bertz CT molecular complexity index is 762. The van der Waals surface area contributed by atoms with Crippen LogP contribution < -0.4 is 16.0 Å². The Hall–Kier alpha value is -1.67. The fourth-order valence-corrected chi connectivity index (χ4v) is 3.45. The van der Waals surface area contributed by atoms with Crippen LogP contribution in [0.5, 0.6) is 0 Å². The second kappa shape index (κ2) is 6.68. The highest BCUT2D eigenvalue weighted by Gasteiger charge is 2.29. The number of pyridine rings is 1. The lowest BCUT2D eigenvalue weighted by Gasteiger charge is -2.35. The summed E-state index contributed by atoms with van der Waals surface area (Å²) < 4.78 is 14.5. The van der Waals surface area contributed by atoms with Gasteiger partial charge in [0.15, 0.2) is 0 Å². The largest absolute Gasteiger partial charge is 0.368 e. The molecule has 2 atom stereocenters. The number of alkyl halides is 1. The van der Waals surface area contributed by atoms with Crippen molar-refractivity contribution in [3.05, 3.63) is 16.9 Å². The van der Waals surface area contributed by atoms with Crippen LogP contribution in [0.1, 0.15) is 20.3 Å². The van der Waals surface area contributed by atoms with E-state index in [9.17, 15) is 9.18 Å². The summed E-state index contributed by atoms with van der Waals surface area (Å²) in [5.41, 5.74) is 8.13. The minimum atomic E-state index is -0.983. The number of nitrogens with one attached hydrogen (secondary N) is 2. The highest BCUT2D eigenvalue weighted by Crippen LogP contribution is 2.39. The molecule has 3 heterocycles. The topological polar surface area (TPSA) is 87.0 Å². The summed E-state index contributed by atoms with van der Waals surface area (Å²) in [5.74, 6) is -0.199. The van der Waals surface area contributed by atoms with Crippen molar-refractivity contribution >= 4 is 44.2 Å². The van der Waals surface area contributed by atoms with Gasteiger partial charge in [0.2, 0.25) is 5.91 Å². The van der Waals surface area contributed by atoms with E-state index in [0.717, 1.165) is 15.5 Å². The van der Waals surface area contributed by atoms with Gasteiger partial charge in [0.1, 0.15) is 11.8 Å². The molecule has 1 aliphatic heterocycles. The average molecular weight is 398 g/mol. The number of aromatic nitrogens is 2. The van der Waals surface area contributed by atoms with Crippen molar-refractivity contribution < 1.29 is 9.18 Å². The summed E-state index contributed by atoms with van der Waals surface area (Å²) >= 11 is 3.54. The van der Waals surface area contributed by atoms with Crippen molar-refractivity contribution in [3.8, 4) is 0 Å². The number of nitrogens with two attached hydrogens (primary N) is 1. The van der Waals surface area contributed by atoms with Gasteiger partial charge in [0, 0.05) is 31.4 Å². The standard InChI is InChI=1S/C16H21BrFN5O/c1-8(2)16(24)22-12-6-21-15-13(12)14(9(17)5-20-15)23-4-3-10(18)11(19)7-23/h5-6,8,10-11H,3-4,7,19H2,1-2H3,(H,20,21)(H,22,24)/t10-,11-/m0/s1. The van der Waals surface area contributed by atoms with Gasteiger partial charge >= 0.3 is 0 Å². The third kappa shape index (κ3) is 3.12. The molecule has 3 rings (SSSR count). The first-order valence-corrected chi connectivity index (χ1v) is 8.78. The maximum Gasteiger partial charge on any atom is 0.226 e. The molecule has 130 valence electrons. The van der Waals surface area contributed by atoms with Gasteiger partial charge in [-0.1, -0.05) is 13.8 Å². The van der Waals surface area contributed by atoms with Crippen LogP contribution in [0.15, 0.2) is 16.9 Å². The minimum Gasteiger partial charge on any atom is -0.368 e. The number of H-pyrrole nitrogens is 1. The van der Waals surface area contributed by atoms with Gasteiger partial charge in [-0.2, -0.15) is 0 Å². The second-order valence-corrected chi connectivity index (χ2v) is 7.29. The lowest BCUT2D eigenvalue weighted by Crippen LogP contribution is -2.50. The molecule has 8 heteroatoms. The fraction of sp³-hybridized carbons (Fsp3) is 0.500. The van der Waals surface area contributed by atoms with Crippen molar-refractivity contribution in [1.82, 2.24) is 9.97 Å². The van der Waals surface area contributed by atoms with E-state index in [1.54, 1.807) is 12.4 Å². The number of anilines is 2. The van der Waals surface area contributed by atoms with E-state index in [1.165, 1.54) is 0 Å². The maximum atomic E-state index is 13.7. The first kappa shape index (κ1) is 17.2. The molecular formula is C16H21BrFN5O. The van der Waals surface area contributed by atoms with Crippen LogP contribution in [-0.4, -0.2) is 41.2 Å². The maximum absolute atomic E-state index is 13.7. The van der Waals surface area contributed by atoms with Gasteiger partial charge in [-0.15, -0.1) is 0 Å². The number of hydrogen-bond acceptors (Lipinski definition) is 4. The molecule has 4 N–H and O–H groups in total. The van der Waals surface area contributed by atoms with Crippen molar-refractivity contribution in [1.29, 1.82) is 0 Å². The summed E-state index contributed by atoms with van der Waals surface area (Å²) in [4.78, 5) is 21.6. The number of halogens is 2. The molecule has 0 spiro atoms. The number of fused-ring (bicyclic) bond motifs is 1. The van der Waals surface area contributed by atoms with Gasteiger partial charge < -0.3 is 20.9 Å². The van der Waals surface area contributed by atoms with Gasteiger partial charge in [-0.25, -0.2) is 9.37 Å². The average Bonchev–Trinajstić information content (AvgIpc) is 2.93. The lowest BCUT2D eigenvalue weighted by molar-refractivity contribution is -0.118. The highest BCUT2D eigenvalue weighted by molar-refractivity contribution is 9.10. The van der Waals surface area contributed by atoms with Crippen LogP contribution in [0.2, 0.25) is 0 Å². The zero-order chi connectivity index (χ0) is 17.4. The van der Waals surface area contributed by atoms with E-state index in [1.807, 2.05) is 18.7 Å². The molecule has 0 unspecified atom stereocenters. The molecule has 0 radical (unpaired) electrons. The molecule has 6 nitrogen and oxygen atoms in total. The van der Waals surface area contributed by atoms with Crippen LogP contribution >= 0.6 is 15.9 Å². The summed E-state index contributed by atoms with van der Waals surface area (Å²) in [5, 5.41) is 3.74. The van der Waals surface area contributed by atoms with Crippen molar-refractivity contribution in [2.45, 2.75) is 32.5 Å². The number of hydrogen-bond donors (Lipinski definition) is 3. The molecule has 24 heavy (non-hydrogen) atoms. The third-order valence-corrected chi connectivity index (χ3v) is 4.88. The number of rotatable bonds is 3. The molecule has 0 aliphatic carbocycles. The van der Waals surface area contributed by atoms with Gasteiger partial charge in [-0.05, 0) is 22.4 Å². The summed E-state index contributed by atoms with van der Waals surface area (Å²) in [6.45, 7) is 4.66. The zero-order valence-corrected chi connectivity index (χ0v) is 15.2. The third-order valence-electron chi connectivity index (χ3n) is 4.30. The fourth-order valence-electron chi connectivity index (χ4n) is 2.90. The number of carbonyl (C=O) groups is 1. The Morgan fingerprint density at radius 2 is 2.33 bits per heavy atom. The Kier molecular flexibility index (Phi) is 4.78. The van der Waals surface area contributed by atoms with Gasteiger partial charge in [0.05, 0.1) is 27.3 Å². The Labute approximate surface area is 148 Å². The first-order chi connectivity index (χ1) is 11.4. The first-order valence-electron chi connectivity index (χ1n) is 7.99. The molecule has 1 amide bonds. The van der Waals surface area contributed by atoms with Gasteiger partial charge in [0.25, 0.3) is 0 Å². The van der Waals surface area contributed by atoms with Crippen LogP contribution in [0, 0.1) is 5.92 Å². The van der Waals surface area contributed by atoms with Gasteiger partial charge in [-0.3, -0.25) is 4.79 Å². The smallest absolute Gasteiger partial charge is 0.226 e. The molecular weight excluding hydrogens is 377 g/mol. The lowest BCUT2D eigenvalue weighted by atomic mass is 10.0. The summed E-state index contributed by atoms with van der Waals surface area (Å²) in [7, 11) is 0. The highest BCUT2D eigenvalue weighted by atomic mass is 79.9. The van der Waals surface area contributed by atoms with Crippen LogP contribution in [0.4, 0.5) is 15.8 Å². The number of nitrogens with zero attached hydrogens (tertiary/aromatic N) is 2. The number of aromatic amines is 1. The second-order valence-electron chi connectivity index (χ2n) is 6.44. The Morgan fingerprint density at radius 3 is 3.00 bits per heavy atom. The Balaban J connectivity index is 2.04. The van der Waals surface area contributed by atoms with Crippen LogP contribution in [0.3, 0.4) is 0 Å². The monoisotopic (exact) mass is 397 g/mol. The molecule has 0 saturated carbocycles. The predicted molar refractivity (Wildman–Crippen MR) is 97.0 cm³/mol. The minimum absolute atomic E-state index is 0.0685. The normalized spacial score (nSPS) is 21.5. The van der Waals surface area contributed by atoms with E-state index in [0.29, 0.717) is 30.8 Å². The predicted octanol–water partition coefficient (Wildman–Crippen LogP) is 2.80. The molecule has 1 fully saturated rings. The number of carbonyl (C=O) groups excluding carboxylic acids is 1. The molecule has 2 aromatic heterocycles. The number of amides is 1. The van der Waals surface area contributed by atoms with E-state index in [2.05, 4.69) is 31.2 Å². The summed E-state index contributed by atoms with van der Waals surface area (Å²) in [6.07, 6.45) is 2.84. The van der Waals surface area contributed by atoms with Crippen LogP contribution in [-0.2, 0) is 4.79 Å². The van der Waals surface area contributed by atoms with Crippen molar-refractivity contribution in [2.75, 3.05) is 23.3 Å². The summed E-state index contributed by atoms with van der Waals surface area (Å²) in [6, 6.07) is -0.526. The molecule has 0 bridgehead atoms. The van der Waals surface area contributed by atoms with Crippen molar-refractivity contribution in [3.63, 3.8) is 0 Å². The van der Waals surface area contributed by atoms with E-state index in [4.69, 9.17) is 5.73 Å². The van der Waals surface area contributed by atoms with E-state index >= 15 is 0 Å². The zero-order valence-electron chi connectivity index (χ0n) is 13.6. The van der Waals surface area contributed by atoms with Crippen LogP contribution in [0.25, 0.3) is 11.0 Å². The Morgan fingerprint density at radius 1 is 1.58 bits per heavy atom. The van der Waals surface area contributed by atoms with Crippen molar-refractivity contribution in [2.24, 2.45) is 11.7 Å². The molecule has 1 saturated heterocycles. The molecule has 2 aromatic rings. The van der Waals surface area contributed by atoms with E-state index in [-0.39, 0.29) is 11.8 Å². The molecule has 0 aromatic carbocycles. The SMILES string of the molecule is CC(C)C(=O)Nc1c[nH]c2ncc(Br)c(N3CC[C@H](F)[C@@H](N)C3)c12. The van der Waals surface area contributed by atoms with E-state index < -0.39 is 12.2 Å².